The van der Waals surface area contributed by atoms with E-state index in [9.17, 15) is 4.79 Å². The number of hydrogen-bond donors (Lipinski definition) is 1. The van der Waals surface area contributed by atoms with Crippen molar-refractivity contribution in [2.45, 2.75) is 19.8 Å². The minimum absolute atomic E-state index is 0.0633. The van der Waals surface area contributed by atoms with Crippen molar-refractivity contribution in [3.8, 4) is 10.7 Å². The number of aromatic carboxylic acids is 1. The first-order valence-electron chi connectivity index (χ1n) is 5.35. The van der Waals surface area contributed by atoms with Crippen molar-refractivity contribution in [1.29, 1.82) is 0 Å². The van der Waals surface area contributed by atoms with Crippen molar-refractivity contribution in [1.82, 2.24) is 9.97 Å². The van der Waals surface area contributed by atoms with Gasteiger partial charge < -0.3 is 5.11 Å². The van der Waals surface area contributed by atoms with Gasteiger partial charge in [0.15, 0.2) is 0 Å². The minimum Gasteiger partial charge on any atom is -0.477 e. The van der Waals surface area contributed by atoms with Crippen LogP contribution in [0.1, 0.15) is 35.1 Å². The van der Waals surface area contributed by atoms with Crippen LogP contribution in [-0.2, 0) is 0 Å². The molecule has 0 unspecified atom stereocenters. The second kappa shape index (κ2) is 5.04. The monoisotopic (exact) mass is 282 g/mol. The molecule has 0 bridgehead atoms. The zero-order valence-corrected chi connectivity index (χ0v) is 11.4. The zero-order chi connectivity index (χ0) is 13.3. The molecule has 0 radical (unpaired) electrons. The van der Waals surface area contributed by atoms with Crippen LogP contribution in [-0.4, -0.2) is 21.0 Å². The highest BCUT2D eigenvalue weighted by molar-refractivity contribution is 7.17. The maximum Gasteiger partial charge on any atom is 0.347 e. The molecule has 0 aliphatic carbocycles. The van der Waals surface area contributed by atoms with Gasteiger partial charge in [-0.15, -0.1) is 11.3 Å². The van der Waals surface area contributed by atoms with E-state index in [0.29, 0.717) is 21.4 Å². The van der Waals surface area contributed by atoms with Crippen LogP contribution in [0.4, 0.5) is 0 Å². The van der Waals surface area contributed by atoms with E-state index in [2.05, 4.69) is 9.97 Å². The number of hydrogen-bond acceptors (Lipinski definition) is 4. The Morgan fingerprint density at radius 1 is 1.44 bits per heavy atom. The lowest BCUT2D eigenvalue weighted by Crippen LogP contribution is -2.00. The van der Waals surface area contributed by atoms with Crippen LogP contribution >= 0.6 is 22.9 Å². The summed E-state index contributed by atoms with van der Waals surface area (Å²) in [4.78, 5) is 19.9. The predicted molar refractivity (Wildman–Crippen MR) is 71.4 cm³/mol. The average molecular weight is 283 g/mol. The van der Waals surface area contributed by atoms with Crippen LogP contribution in [0.3, 0.4) is 0 Å². The summed E-state index contributed by atoms with van der Waals surface area (Å²) in [6, 6.07) is 3.44. The lowest BCUT2D eigenvalue weighted by molar-refractivity contribution is 0.0700. The van der Waals surface area contributed by atoms with Gasteiger partial charge in [-0.2, -0.15) is 0 Å². The molecule has 0 saturated heterocycles. The Morgan fingerprint density at radius 3 is 2.61 bits per heavy atom. The third-order valence-corrected chi connectivity index (χ3v) is 3.65. The van der Waals surface area contributed by atoms with Crippen molar-refractivity contribution < 1.29 is 9.90 Å². The summed E-state index contributed by atoms with van der Waals surface area (Å²) in [5.41, 5.74) is 1.23. The third kappa shape index (κ3) is 2.52. The quantitative estimate of drug-likeness (QED) is 0.933. The first-order valence-corrected chi connectivity index (χ1v) is 6.54. The summed E-state index contributed by atoms with van der Waals surface area (Å²) in [5, 5.41) is 10.3. The number of carbonyl (C=O) groups is 1. The third-order valence-electron chi connectivity index (χ3n) is 2.34. The summed E-state index contributed by atoms with van der Waals surface area (Å²) in [5.74, 6) is -0.884. The molecule has 94 valence electrons. The zero-order valence-electron chi connectivity index (χ0n) is 9.85. The van der Waals surface area contributed by atoms with Gasteiger partial charge in [-0.25, -0.2) is 9.78 Å². The Kier molecular flexibility index (Phi) is 3.63. The normalized spacial score (nSPS) is 10.9. The number of halogens is 1. The van der Waals surface area contributed by atoms with Gasteiger partial charge >= 0.3 is 5.97 Å². The van der Waals surface area contributed by atoms with Gasteiger partial charge in [0.05, 0.1) is 16.4 Å². The van der Waals surface area contributed by atoms with Gasteiger partial charge in [-0.1, -0.05) is 25.4 Å². The van der Waals surface area contributed by atoms with E-state index in [1.807, 2.05) is 13.8 Å². The Morgan fingerprint density at radius 2 is 2.17 bits per heavy atom. The second-order valence-corrected chi connectivity index (χ2v) is 5.49. The number of pyridine rings is 1. The molecule has 0 aromatic carbocycles. The summed E-state index contributed by atoms with van der Waals surface area (Å²) in [6.07, 6.45) is 1.52. The lowest BCUT2D eigenvalue weighted by Gasteiger charge is -2.00. The van der Waals surface area contributed by atoms with Crippen LogP contribution in [0.15, 0.2) is 18.3 Å². The number of carboxylic acid groups (broad SMARTS) is 1. The Bertz CT molecular complexity index is 578. The molecule has 2 aromatic rings. The second-order valence-electron chi connectivity index (χ2n) is 4.05. The molecule has 1 N–H and O–H groups in total. The van der Waals surface area contributed by atoms with E-state index < -0.39 is 5.97 Å². The van der Waals surface area contributed by atoms with Crippen LogP contribution in [0.2, 0.25) is 5.02 Å². The van der Waals surface area contributed by atoms with Crippen molar-refractivity contribution in [3.05, 3.63) is 33.9 Å². The molecule has 18 heavy (non-hydrogen) atoms. The van der Waals surface area contributed by atoms with Crippen molar-refractivity contribution in [3.63, 3.8) is 0 Å². The standard InChI is InChI=1S/C12H11ClN2O2S/c1-6(2)9-10(12(16)17)18-11(15-9)8-4-3-7(13)5-14-8/h3-6H,1-2H3,(H,16,17). The fraction of sp³-hybridized carbons (Fsp3) is 0.250. The van der Waals surface area contributed by atoms with Gasteiger partial charge in [0.25, 0.3) is 0 Å². The predicted octanol–water partition coefficient (Wildman–Crippen LogP) is 3.68. The van der Waals surface area contributed by atoms with Crippen LogP contribution < -0.4 is 0 Å². The molecule has 2 rings (SSSR count). The smallest absolute Gasteiger partial charge is 0.347 e. The molecule has 0 saturated carbocycles. The SMILES string of the molecule is CC(C)c1nc(-c2ccc(Cl)cn2)sc1C(=O)O. The first-order chi connectivity index (χ1) is 8.49. The number of thiazole rings is 1. The molecular formula is C12H11ClN2O2S. The topological polar surface area (TPSA) is 63.1 Å². The largest absolute Gasteiger partial charge is 0.477 e. The summed E-state index contributed by atoms with van der Waals surface area (Å²) in [7, 11) is 0. The summed E-state index contributed by atoms with van der Waals surface area (Å²) >= 11 is 6.90. The highest BCUT2D eigenvalue weighted by Crippen LogP contribution is 2.31. The van der Waals surface area contributed by atoms with Crippen molar-refractivity contribution in [2.75, 3.05) is 0 Å². The highest BCUT2D eigenvalue weighted by atomic mass is 35.5. The Labute approximate surface area is 113 Å². The molecule has 0 aliphatic heterocycles. The van der Waals surface area contributed by atoms with Crippen LogP contribution in [0.25, 0.3) is 10.7 Å². The van der Waals surface area contributed by atoms with Gasteiger partial charge in [0.1, 0.15) is 9.88 Å². The molecule has 0 fully saturated rings. The van der Waals surface area contributed by atoms with Crippen molar-refractivity contribution >= 4 is 28.9 Å². The van der Waals surface area contributed by atoms with Gasteiger partial charge in [0, 0.05) is 6.20 Å². The van der Waals surface area contributed by atoms with E-state index >= 15 is 0 Å². The van der Waals surface area contributed by atoms with Crippen LogP contribution in [0, 0.1) is 0 Å². The molecule has 4 nitrogen and oxygen atoms in total. The Hall–Kier alpha value is -1.46. The van der Waals surface area contributed by atoms with Crippen LogP contribution in [0.5, 0.6) is 0 Å². The van der Waals surface area contributed by atoms with Gasteiger partial charge in [-0.05, 0) is 18.1 Å². The van der Waals surface area contributed by atoms with Gasteiger partial charge in [-0.3, -0.25) is 4.98 Å². The molecule has 0 spiro atoms. The van der Waals surface area contributed by atoms with E-state index in [4.69, 9.17) is 16.7 Å². The van der Waals surface area contributed by atoms with Gasteiger partial charge in [0.2, 0.25) is 0 Å². The number of aromatic nitrogens is 2. The maximum absolute atomic E-state index is 11.2. The minimum atomic E-state index is -0.948. The van der Waals surface area contributed by atoms with E-state index in [1.165, 1.54) is 6.20 Å². The average Bonchev–Trinajstić information content (AvgIpc) is 2.75. The molecule has 2 heterocycles. The summed E-state index contributed by atoms with van der Waals surface area (Å²) < 4.78 is 0. The first kappa shape index (κ1) is 13.0. The molecule has 2 aromatic heterocycles. The van der Waals surface area contributed by atoms with E-state index in [-0.39, 0.29) is 10.8 Å². The molecule has 6 heteroatoms. The van der Waals surface area contributed by atoms with Crippen molar-refractivity contribution in [2.24, 2.45) is 0 Å². The molecule has 0 atom stereocenters. The maximum atomic E-state index is 11.2. The summed E-state index contributed by atoms with van der Waals surface area (Å²) in [6.45, 7) is 3.83. The van der Waals surface area contributed by atoms with E-state index in [1.54, 1.807) is 12.1 Å². The molecule has 0 amide bonds. The highest BCUT2D eigenvalue weighted by Gasteiger charge is 2.20. The number of carboxylic acids is 1. The number of nitrogens with zero attached hydrogens (tertiary/aromatic N) is 2. The number of rotatable bonds is 3. The fourth-order valence-electron chi connectivity index (χ4n) is 1.49. The van der Waals surface area contributed by atoms with E-state index in [0.717, 1.165) is 11.3 Å². The Balaban J connectivity index is 2.49. The fourth-order valence-corrected chi connectivity index (χ4v) is 2.64. The lowest BCUT2D eigenvalue weighted by atomic mass is 10.1. The molecule has 0 aliphatic rings. The molecular weight excluding hydrogens is 272 g/mol.